The molecule has 1 aromatic carbocycles. The first-order chi connectivity index (χ1) is 11.9. The molecule has 0 aliphatic rings. The van der Waals surface area contributed by atoms with Crippen molar-refractivity contribution in [1.82, 2.24) is 19.9 Å². The number of nitrogens with one attached hydrogen (secondary N) is 2. The van der Waals surface area contributed by atoms with E-state index in [-0.39, 0.29) is 24.1 Å². The van der Waals surface area contributed by atoms with Crippen LogP contribution >= 0.6 is 0 Å². The number of halogens is 2. The molecule has 2 N–H and O–H groups in total. The molecule has 130 valence electrons. The Morgan fingerprint density at radius 3 is 2.84 bits per heavy atom. The second kappa shape index (κ2) is 6.84. The molecule has 3 aromatic rings. The van der Waals surface area contributed by atoms with Crippen LogP contribution in [-0.4, -0.2) is 26.5 Å². The molecule has 0 saturated carbocycles. The highest BCUT2D eigenvalue weighted by Crippen LogP contribution is 2.15. The maximum atomic E-state index is 13.7. The van der Waals surface area contributed by atoms with E-state index in [1.54, 1.807) is 12.3 Å². The van der Waals surface area contributed by atoms with Gasteiger partial charge in [-0.05, 0) is 38.1 Å². The standard InChI is InChI=1S/C17H17F2N5O/c1-10(2)22-17(25)13-9-21-24-6-5-15(23-16(13)24)20-8-11-7-12(18)3-4-14(11)19/h3-7,9-10H,8H2,1-2H3,(H,20,23)(H,22,25). The summed E-state index contributed by atoms with van der Waals surface area (Å²) in [5, 5.41) is 9.80. The first-order valence-corrected chi connectivity index (χ1v) is 7.77. The van der Waals surface area contributed by atoms with E-state index < -0.39 is 11.6 Å². The fraction of sp³-hybridized carbons (Fsp3) is 0.235. The quantitative estimate of drug-likeness (QED) is 0.746. The van der Waals surface area contributed by atoms with E-state index in [0.29, 0.717) is 17.0 Å². The molecule has 0 fully saturated rings. The number of carbonyl (C=O) groups is 1. The lowest BCUT2D eigenvalue weighted by Gasteiger charge is -2.09. The number of hydrogen-bond donors (Lipinski definition) is 2. The van der Waals surface area contributed by atoms with Crippen LogP contribution < -0.4 is 10.6 Å². The maximum absolute atomic E-state index is 13.7. The van der Waals surface area contributed by atoms with Crippen molar-refractivity contribution in [2.75, 3.05) is 5.32 Å². The Morgan fingerprint density at radius 1 is 1.28 bits per heavy atom. The van der Waals surface area contributed by atoms with E-state index in [1.165, 1.54) is 10.7 Å². The van der Waals surface area contributed by atoms with Crippen LogP contribution in [0.1, 0.15) is 29.8 Å². The molecule has 8 heteroatoms. The van der Waals surface area contributed by atoms with Gasteiger partial charge in [0.05, 0.1) is 6.20 Å². The van der Waals surface area contributed by atoms with Gasteiger partial charge in [-0.2, -0.15) is 5.10 Å². The fourth-order valence-electron chi connectivity index (χ4n) is 2.33. The predicted octanol–water partition coefficient (Wildman–Crippen LogP) is 2.76. The number of anilines is 1. The average Bonchev–Trinajstić information content (AvgIpc) is 2.98. The monoisotopic (exact) mass is 345 g/mol. The smallest absolute Gasteiger partial charge is 0.256 e. The molecule has 3 rings (SSSR count). The SMILES string of the molecule is CC(C)NC(=O)c1cnn2ccc(NCc3cc(F)ccc3F)nc12. The van der Waals surface area contributed by atoms with Gasteiger partial charge in [0, 0.05) is 24.3 Å². The summed E-state index contributed by atoms with van der Waals surface area (Å²) in [7, 11) is 0. The minimum Gasteiger partial charge on any atom is -0.366 e. The molecule has 2 aromatic heterocycles. The van der Waals surface area contributed by atoms with E-state index in [4.69, 9.17) is 0 Å². The average molecular weight is 345 g/mol. The topological polar surface area (TPSA) is 71.3 Å². The van der Waals surface area contributed by atoms with Crippen LogP contribution in [0.25, 0.3) is 5.65 Å². The van der Waals surface area contributed by atoms with Crippen LogP contribution in [0, 0.1) is 11.6 Å². The van der Waals surface area contributed by atoms with Crippen LogP contribution in [0.5, 0.6) is 0 Å². The number of fused-ring (bicyclic) bond motifs is 1. The first-order valence-electron chi connectivity index (χ1n) is 7.77. The van der Waals surface area contributed by atoms with E-state index in [1.807, 2.05) is 13.8 Å². The lowest BCUT2D eigenvalue weighted by atomic mass is 10.2. The second-order valence-electron chi connectivity index (χ2n) is 5.86. The Kier molecular flexibility index (Phi) is 4.60. The number of hydrogen-bond acceptors (Lipinski definition) is 4. The fourth-order valence-corrected chi connectivity index (χ4v) is 2.33. The van der Waals surface area contributed by atoms with Crippen molar-refractivity contribution in [2.45, 2.75) is 26.4 Å². The van der Waals surface area contributed by atoms with Gasteiger partial charge in [0.15, 0.2) is 5.65 Å². The highest BCUT2D eigenvalue weighted by molar-refractivity contribution is 5.99. The molecule has 1 amide bonds. The van der Waals surface area contributed by atoms with Gasteiger partial charge in [-0.15, -0.1) is 0 Å². The van der Waals surface area contributed by atoms with Gasteiger partial charge >= 0.3 is 0 Å². The van der Waals surface area contributed by atoms with Gasteiger partial charge in [-0.1, -0.05) is 0 Å². The van der Waals surface area contributed by atoms with E-state index in [2.05, 4.69) is 20.7 Å². The van der Waals surface area contributed by atoms with Gasteiger partial charge in [0.2, 0.25) is 0 Å². The molecule has 0 bridgehead atoms. The Labute approximate surface area is 142 Å². The number of benzene rings is 1. The second-order valence-corrected chi connectivity index (χ2v) is 5.86. The van der Waals surface area contributed by atoms with E-state index >= 15 is 0 Å². The first kappa shape index (κ1) is 16.8. The molecule has 0 aliphatic carbocycles. The Bertz CT molecular complexity index is 923. The van der Waals surface area contributed by atoms with Crippen molar-refractivity contribution in [2.24, 2.45) is 0 Å². The van der Waals surface area contributed by atoms with Gasteiger partial charge < -0.3 is 10.6 Å². The third-order valence-corrected chi connectivity index (χ3v) is 3.50. The molecular weight excluding hydrogens is 328 g/mol. The summed E-state index contributed by atoms with van der Waals surface area (Å²) in [6.07, 6.45) is 3.08. The largest absolute Gasteiger partial charge is 0.366 e. The van der Waals surface area contributed by atoms with Crippen molar-refractivity contribution in [3.05, 3.63) is 59.4 Å². The number of aromatic nitrogens is 3. The lowest BCUT2D eigenvalue weighted by Crippen LogP contribution is -2.30. The number of nitrogens with zero attached hydrogens (tertiary/aromatic N) is 3. The summed E-state index contributed by atoms with van der Waals surface area (Å²) in [4.78, 5) is 16.5. The number of rotatable bonds is 5. The Morgan fingerprint density at radius 2 is 2.08 bits per heavy atom. The minimum atomic E-state index is -0.509. The van der Waals surface area contributed by atoms with Gasteiger partial charge in [0.25, 0.3) is 5.91 Å². The molecule has 0 unspecified atom stereocenters. The van der Waals surface area contributed by atoms with E-state index in [0.717, 1.165) is 18.2 Å². The third-order valence-electron chi connectivity index (χ3n) is 3.50. The van der Waals surface area contributed by atoms with Gasteiger partial charge in [-0.3, -0.25) is 4.79 Å². The molecule has 0 aliphatic heterocycles. The van der Waals surface area contributed by atoms with Crippen molar-refractivity contribution in [3.63, 3.8) is 0 Å². The number of carbonyl (C=O) groups excluding carboxylic acids is 1. The molecule has 0 atom stereocenters. The minimum absolute atomic E-state index is 0.0142. The zero-order chi connectivity index (χ0) is 18.0. The van der Waals surface area contributed by atoms with Crippen LogP contribution in [0.4, 0.5) is 14.6 Å². The zero-order valence-electron chi connectivity index (χ0n) is 13.8. The zero-order valence-corrected chi connectivity index (χ0v) is 13.8. The molecule has 0 radical (unpaired) electrons. The molecule has 2 heterocycles. The predicted molar refractivity (Wildman–Crippen MR) is 89.3 cm³/mol. The highest BCUT2D eigenvalue weighted by Gasteiger charge is 2.15. The lowest BCUT2D eigenvalue weighted by molar-refractivity contribution is 0.0944. The Balaban J connectivity index is 1.83. The van der Waals surface area contributed by atoms with Crippen LogP contribution in [0.3, 0.4) is 0 Å². The molecule has 0 spiro atoms. The van der Waals surface area contributed by atoms with Crippen molar-refractivity contribution in [3.8, 4) is 0 Å². The van der Waals surface area contributed by atoms with Crippen LogP contribution in [-0.2, 0) is 6.54 Å². The summed E-state index contributed by atoms with van der Waals surface area (Å²) in [6.45, 7) is 3.78. The molecule has 25 heavy (non-hydrogen) atoms. The van der Waals surface area contributed by atoms with Crippen molar-refractivity contribution < 1.29 is 13.6 Å². The summed E-state index contributed by atoms with van der Waals surface area (Å²) in [5.74, 6) is -0.859. The van der Waals surface area contributed by atoms with Crippen LogP contribution in [0.15, 0.2) is 36.7 Å². The maximum Gasteiger partial charge on any atom is 0.256 e. The Hall–Kier alpha value is -3.03. The van der Waals surface area contributed by atoms with Gasteiger partial charge in [-0.25, -0.2) is 18.3 Å². The normalized spacial score (nSPS) is 11.1. The van der Waals surface area contributed by atoms with Gasteiger partial charge in [0.1, 0.15) is 23.0 Å². The van der Waals surface area contributed by atoms with Crippen molar-refractivity contribution >= 4 is 17.4 Å². The highest BCUT2D eigenvalue weighted by atomic mass is 19.1. The summed E-state index contributed by atoms with van der Waals surface area (Å²) in [5.41, 5.74) is 0.908. The molecule has 0 saturated heterocycles. The molecular formula is C17H17F2N5O. The number of amides is 1. The summed E-state index contributed by atoms with van der Waals surface area (Å²) < 4.78 is 28.4. The summed E-state index contributed by atoms with van der Waals surface area (Å²) in [6, 6.07) is 4.89. The molecule has 6 nitrogen and oxygen atoms in total. The van der Waals surface area contributed by atoms with E-state index in [9.17, 15) is 13.6 Å². The van der Waals surface area contributed by atoms with Crippen molar-refractivity contribution in [1.29, 1.82) is 0 Å². The third kappa shape index (κ3) is 3.73. The summed E-state index contributed by atoms with van der Waals surface area (Å²) >= 11 is 0. The van der Waals surface area contributed by atoms with Crippen LogP contribution in [0.2, 0.25) is 0 Å².